The maximum atomic E-state index is 13.0. The predicted molar refractivity (Wildman–Crippen MR) is 116 cm³/mol. The monoisotopic (exact) mass is 392 g/mol. The van der Waals surface area contributed by atoms with Crippen molar-refractivity contribution in [3.63, 3.8) is 0 Å². The standard InChI is InChI=1S/C25H32N2O2/c28-25(24(21-10-4-1-5-11-21)22-12-6-2-7-13-22)29-19-18-26-16-17-27-15-9-3-8-14-23(27)20-26/h1-2,4-7,10-13,23-24H,3,8-9,14-20H2. The lowest BCUT2D eigenvalue weighted by atomic mass is 9.91. The number of benzene rings is 2. The Labute approximate surface area is 174 Å². The second-order valence-corrected chi connectivity index (χ2v) is 8.26. The number of rotatable bonds is 6. The van der Waals surface area contributed by atoms with Crippen LogP contribution in [0.25, 0.3) is 0 Å². The molecular weight excluding hydrogens is 360 g/mol. The van der Waals surface area contributed by atoms with Gasteiger partial charge < -0.3 is 4.74 Å². The first-order valence-electron chi connectivity index (χ1n) is 11.0. The van der Waals surface area contributed by atoms with Gasteiger partial charge in [-0.05, 0) is 30.5 Å². The Kier molecular flexibility index (Phi) is 6.96. The molecule has 0 bridgehead atoms. The summed E-state index contributed by atoms with van der Waals surface area (Å²) >= 11 is 0. The topological polar surface area (TPSA) is 32.8 Å². The summed E-state index contributed by atoms with van der Waals surface area (Å²) in [5.41, 5.74) is 1.96. The summed E-state index contributed by atoms with van der Waals surface area (Å²) in [7, 11) is 0. The minimum Gasteiger partial charge on any atom is -0.464 e. The molecule has 2 heterocycles. The number of piperazine rings is 1. The van der Waals surface area contributed by atoms with E-state index in [1.54, 1.807) is 0 Å². The molecule has 154 valence electrons. The third-order valence-corrected chi connectivity index (χ3v) is 6.32. The van der Waals surface area contributed by atoms with E-state index >= 15 is 0 Å². The quantitative estimate of drug-likeness (QED) is 0.698. The van der Waals surface area contributed by atoms with Crippen LogP contribution in [0, 0.1) is 0 Å². The first kappa shape index (κ1) is 20.1. The van der Waals surface area contributed by atoms with Crippen molar-refractivity contribution in [2.75, 3.05) is 39.3 Å². The second kappa shape index (κ2) is 10.0. The lowest BCUT2D eigenvalue weighted by Gasteiger charge is -2.40. The number of carbonyl (C=O) groups excluding carboxylic acids is 1. The number of hydrogen-bond donors (Lipinski definition) is 0. The molecule has 0 amide bonds. The highest BCUT2D eigenvalue weighted by molar-refractivity contribution is 5.82. The lowest BCUT2D eigenvalue weighted by molar-refractivity contribution is -0.145. The highest BCUT2D eigenvalue weighted by Gasteiger charge is 2.28. The molecule has 4 nitrogen and oxygen atoms in total. The normalized spacial score (nSPS) is 20.8. The van der Waals surface area contributed by atoms with Gasteiger partial charge in [-0.1, -0.05) is 73.5 Å². The van der Waals surface area contributed by atoms with Crippen LogP contribution in [0.15, 0.2) is 60.7 Å². The van der Waals surface area contributed by atoms with Crippen LogP contribution < -0.4 is 0 Å². The summed E-state index contributed by atoms with van der Waals surface area (Å²) < 4.78 is 5.78. The van der Waals surface area contributed by atoms with E-state index in [0.29, 0.717) is 12.6 Å². The number of carbonyl (C=O) groups is 1. The molecule has 1 unspecified atom stereocenters. The minimum atomic E-state index is -0.365. The van der Waals surface area contributed by atoms with Gasteiger partial charge in [0.2, 0.25) is 0 Å². The van der Waals surface area contributed by atoms with E-state index in [0.717, 1.165) is 37.3 Å². The molecule has 0 aliphatic carbocycles. The summed E-state index contributed by atoms with van der Waals surface area (Å²) in [6.07, 6.45) is 5.36. The van der Waals surface area contributed by atoms with Gasteiger partial charge in [-0.2, -0.15) is 0 Å². The van der Waals surface area contributed by atoms with Gasteiger partial charge in [-0.25, -0.2) is 0 Å². The maximum Gasteiger partial charge on any atom is 0.317 e. The summed E-state index contributed by atoms with van der Waals surface area (Å²) in [6, 6.07) is 20.6. The summed E-state index contributed by atoms with van der Waals surface area (Å²) in [5.74, 6) is -0.522. The SMILES string of the molecule is O=C(OCCN1CCN2CCCCCC2C1)C(c1ccccc1)c1ccccc1. The second-order valence-electron chi connectivity index (χ2n) is 8.26. The molecule has 2 aliphatic heterocycles. The smallest absolute Gasteiger partial charge is 0.317 e. The van der Waals surface area contributed by atoms with E-state index in [1.807, 2.05) is 60.7 Å². The van der Waals surface area contributed by atoms with E-state index in [9.17, 15) is 4.79 Å². The van der Waals surface area contributed by atoms with E-state index in [-0.39, 0.29) is 11.9 Å². The van der Waals surface area contributed by atoms with Gasteiger partial charge in [-0.15, -0.1) is 0 Å². The van der Waals surface area contributed by atoms with E-state index in [4.69, 9.17) is 4.74 Å². The van der Waals surface area contributed by atoms with Crippen molar-refractivity contribution < 1.29 is 9.53 Å². The first-order valence-corrected chi connectivity index (χ1v) is 11.0. The molecule has 2 aromatic rings. The van der Waals surface area contributed by atoms with Crippen LogP contribution >= 0.6 is 0 Å². The zero-order valence-corrected chi connectivity index (χ0v) is 17.2. The molecule has 2 fully saturated rings. The van der Waals surface area contributed by atoms with Crippen molar-refractivity contribution in [2.24, 2.45) is 0 Å². The molecule has 4 heteroatoms. The molecule has 2 aromatic carbocycles. The fourth-order valence-corrected chi connectivity index (χ4v) is 4.71. The van der Waals surface area contributed by atoms with Crippen LogP contribution in [-0.4, -0.2) is 61.1 Å². The highest BCUT2D eigenvalue weighted by Crippen LogP contribution is 2.26. The van der Waals surface area contributed by atoms with Crippen LogP contribution in [0.3, 0.4) is 0 Å². The minimum absolute atomic E-state index is 0.157. The molecule has 0 N–H and O–H groups in total. The van der Waals surface area contributed by atoms with Gasteiger partial charge in [0.15, 0.2) is 0 Å². The molecular formula is C25H32N2O2. The number of hydrogen-bond acceptors (Lipinski definition) is 4. The van der Waals surface area contributed by atoms with Crippen molar-refractivity contribution in [1.82, 2.24) is 9.80 Å². The number of esters is 1. The Balaban J connectivity index is 1.34. The van der Waals surface area contributed by atoms with Gasteiger partial charge in [0.05, 0.1) is 0 Å². The average molecular weight is 393 g/mol. The van der Waals surface area contributed by atoms with Gasteiger partial charge in [0.1, 0.15) is 12.5 Å². The van der Waals surface area contributed by atoms with E-state index in [2.05, 4.69) is 9.80 Å². The zero-order chi connectivity index (χ0) is 19.9. The molecule has 29 heavy (non-hydrogen) atoms. The highest BCUT2D eigenvalue weighted by atomic mass is 16.5. The Morgan fingerprint density at radius 1 is 0.897 bits per heavy atom. The predicted octanol–water partition coefficient (Wildman–Crippen LogP) is 3.92. The third kappa shape index (κ3) is 5.26. The fraction of sp³-hybridized carbons (Fsp3) is 0.480. The summed E-state index contributed by atoms with van der Waals surface area (Å²) in [6.45, 7) is 5.87. The zero-order valence-electron chi connectivity index (χ0n) is 17.2. The molecule has 2 saturated heterocycles. The Hall–Kier alpha value is -2.17. The summed E-state index contributed by atoms with van der Waals surface area (Å²) in [4.78, 5) is 18.1. The molecule has 0 spiro atoms. The number of nitrogens with zero attached hydrogens (tertiary/aromatic N) is 2. The van der Waals surface area contributed by atoms with Crippen molar-refractivity contribution in [1.29, 1.82) is 0 Å². The van der Waals surface area contributed by atoms with Crippen molar-refractivity contribution in [2.45, 2.75) is 37.6 Å². The number of ether oxygens (including phenoxy) is 1. The largest absolute Gasteiger partial charge is 0.464 e. The molecule has 2 aliphatic rings. The van der Waals surface area contributed by atoms with Crippen LogP contribution in [0.1, 0.15) is 42.7 Å². The van der Waals surface area contributed by atoms with Gasteiger partial charge in [-0.3, -0.25) is 14.6 Å². The van der Waals surface area contributed by atoms with E-state index < -0.39 is 0 Å². The van der Waals surface area contributed by atoms with Crippen LogP contribution in [-0.2, 0) is 9.53 Å². The molecule has 0 aromatic heterocycles. The van der Waals surface area contributed by atoms with Crippen molar-refractivity contribution in [3.05, 3.63) is 71.8 Å². The Bertz CT molecular complexity index is 725. The van der Waals surface area contributed by atoms with Crippen LogP contribution in [0.2, 0.25) is 0 Å². The number of fused-ring (bicyclic) bond motifs is 1. The fourth-order valence-electron chi connectivity index (χ4n) is 4.71. The average Bonchev–Trinajstić information content (AvgIpc) is 3.00. The van der Waals surface area contributed by atoms with Gasteiger partial charge in [0, 0.05) is 32.2 Å². The van der Waals surface area contributed by atoms with Crippen LogP contribution in [0.5, 0.6) is 0 Å². The van der Waals surface area contributed by atoms with Gasteiger partial charge >= 0.3 is 5.97 Å². The Morgan fingerprint density at radius 3 is 2.28 bits per heavy atom. The summed E-state index contributed by atoms with van der Waals surface area (Å²) in [5, 5.41) is 0. The van der Waals surface area contributed by atoms with Crippen LogP contribution in [0.4, 0.5) is 0 Å². The maximum absolute atomic E-state index is 13.0. The molecule has 0 radical (unpaired) electrons. The third-order valence-electron chi connectivity index (χ3n) is 6.32. The molecule has 1 atom stereocenters. The Morgan fingerprint density at radius 2 is 1.59 bits per heavy atom. The first-order chi connectivity index (χ1) is 14.3. The molecule has 4 rings (SSSR count). The van der Waals surface area contributed by atoms with Crippen molar-refractivity contribution >= 4 is 5.97 Å². The van der Waals surface area contributed by atoms with E-state index in [1.165, 1.54) is 32.2 Å². The molecule has 0 saturated carbocycles. The lowest BCUT2D eigenvalue weighted by Crippen LogP contribution is -2.53. The van der Waals surface area contributed by atoms with Gasteiger partial charge in [0.25, 0.3) is 0 Å². The van der Waals surface area contributed by atoms with Crippen molar-refractivity contribution in [3.8, 4) is 0 Å².